The normalized spacial score (nSPS) is 11.1. The molecule has 0 aromatic carbocycles. The number of rotatable bonds is 7. The van der Waals surface area contributed by atoms with Gasteiger partial charge in [0.15, 0.2) is 0 Å². The van der Waals surface area contributed by atoms with Crippen molar-refractivity contribution in [1.29, 1.82) is 0 Å². The maximum absolute atomic E-state index is 12.6. The topological polar surface area (TPSA) is 96.7 Å². The van der Waals surface area contributed by atoms with Crippen LogP contribution in [0.1, 0.15) is 29.1 Å². The smallest absolute Gasteiger partial charge is 0.348 e. The van der Waals surface area contributed by atoms with Crippen LogP contribution < -0.4 is 5.56 Å². The van der Waals surface area contributed by atoms with Gasteiger partial charge in [-0.05, 0) is 26.3 Å². The van der Waals surface area contributed by atoms with Crippen molar-refractivity contribution in [3.8, 4) is 0 Å². The third-order valence-electron chi connectivity index (χ3n) is 3.29. The van der Waals surface area contributed by atoms with E-state index in [2.05, 4.69) is 4.98 Å². The summed E-state index contributed by atoms with van der Waals surface area (Å²) in [5.41, 5.74) is 0.0990. The first kappa shape index (κ1) is 19.1. The predicted molar refractivity (Wildman–Crippen MR) is 92.0 cm³/mol. The summed E-state index contributed by atoms with van der Waals surface area (Å²) in [4.78, 5) is 41.4. The van der Waals surface area contributed by atoms with Crippen molar-refractivity contribution in [3.05, 3.63) is 27.1 Å². The number of carbonyl (C=O) groups is 2. The van der Waals surface area contributed by atoms with Crippen LogP contribution in [-0.4, -0.2) is 47.9 Å². The van der Waals surface area contributed by atoms with Gasteiger partial charge in [-0.2, -0.15) is 0 Å². The Morgan fingerprint density at radius 3 is 2.68 bits per heavy atom. The third-order valence-corrected chi connectivity index (χ3v) is 4.47. The number of hydrogen-bond donors (Lipinski definition) is 0. The molecule has 2 aromatic heterocycles. The second-order valence-corrected chi connectivity index (χ2v) is 6.58. The first-order chi connectivity index (χ1) is 11.8. The molecule has 0 spiro atoms. The van der Waals surface area contributed by atoms with Crippen molar-refractivity contribution in [1.82, 2.24) is 9.55 Å². The molecule has 0 aliphatic carbocycles. The number of hydrogen-bond acceptors (Lipinski definition) is 8. The molecule has 0 bridgehead atoms. The summed E-state index contributed by atoms with van der Waals surface area (Å²) in [6.07, 6.45) is 1.01. The van der Waals surface area contributed by atoms with Gasteiger partial charge < -0.3 is 14.2 Å². The highest BCUT2D eigenvalue weighted by Gasteiger charge is 2.21. The maximum Gasteiger partial charge on any atom is 0.348 e. The lowest BCUT2D eigenvalue weighted by Gasteiger charge is -2.09. The molecule has 2 heterocycles. The zero-order valence-corrected chi connectivity index (χ0v) is 15.3. The maximum atomic E-state index is 12.6. The molecule has 136 valence electrons. The van der Waals surface area contributed by atoms with Crippen molar-refractivity contribution >= 4 is 33.5 Å². The Bertz CT molecular complexity index is 839. The third kappa shape index (κ3) is 4.43. The van der Waals surface area contributed by atoms with Gasteiger partial charge in [-0.3, -0.25) is 14.2 Å². The van der Waals surface area contributed by atoms with E-state index in [0.29, 0.717) is 27.3 Å². The molecule has 0 atom stereocenters. The molecule has 0 N–H and O–H groups in total. The van der Waals surface area contributed by atoms with E-state index in [4.69, 9.17) is 14.2 Å². The van der Waals surface area contributed by atoms with Crippen LogP contribution in [0.25, 0.3) is 10.2 Å². The van der Waals surface area contributed by atoms with Crippen molar-refractivity contribution in [2.24, 2.45) is 0 Å². The van der Waals surface area contributed by atoms with E-state index in [1.165, 1.54) is 18.0 Å². The molecule has 0 saturated heterocycles. The predicted octanol–water partition coefficient (Wildman–Crippen LogP) is 1.52. The van der Waals surface area contributed by atoms with Crippen LogP contribution in [-0.2, 0) is 25.5 Å². The molecule has 25 heavy (non-hydrogen) atoms. The quantitative estimate of drug-likeness (QED) is 0.540. The Morgan fingerprint density at radius 1 is 1.32 bits per heavy atom. The number of methoxy groups -OCH3 is 1. The van der Waals surface area contributed by atoms with E-state index >= 15 is 0 Å². The highest BCUT2D eigenvalue weighted by Crippen LogP contribution is 2.27. The van der Waals surface area contributed by atoms with Crippen LogP contribution in [0.5, 0.6) is 0 Å². The van der Waals surface area contributed by atoms with Gasteiger partial charge in [0.25, 0.3) is 5.56 Å². The van der Waals surface area contributed by atoms with Crippen molar-refractivity contribution in [2.45, 2.75) is 33.4 Å². The van der Waals surface area contributed by atoms with Gasteiger partial charge in [0, 0.05) is 7.11 Å². The second-order valence-electron chi connectivity index (χ2n) is 5.58. The zero-order chi connectivity index (χ0) is 18.6. The first-order valence-electron chi connectivity index (χ1n) is 7.69. The number of aromatic nitrogens is 2. The number of esters is 2. The van der Waals surface area contributed by atoms with Gasteiger partial charge in [-0.1, -0.05) is 0 Å². The van der Waals surface area contributed by atoms with Crippen LogP contribution in [0.2, 0.25) is 0 Å². The highest BCUT2D eigenvalue weighted by molar-refractivity contribution is 7.20. The minimum absolute atomic E-state index is 0.127. The van der Waals surface area contributed by atoms with E-state index in [9.17, 15) is 14.4 Å². The van der Waals surface area contributed by atoms with Crippen LogP contribution in [0.15, 0.2) is 11.1 Å². The molecule has 0 radical (unpaired) electrons. The number of carbonyl (C=O) groups excluding carboxylic acids is 2. The molecule has 0 fully saturated rings. The number of ether oxygens (including phenoxy) is 3. The Kier molecular flexibility index (Phi) is 6.27. The monoisotopic (exact) mass is 368 g/mol. The Hall–Kier alpha value is -2.26. The Labute approximate surface area is 148 Å². The standard InChI is InChI=1S/C16H20N2O6S/c1-9(2)24-11(19)7-18-8-17-14-12(15(18)20)10(3)13(25-14)16(21)23-6-5-22-4/h8-9H,5-7H2,1-4H3. The molecule has 2 rings (SSSR count). The lowest BCUT2D eigenvalue weighted by atomic mass is 10.2. The molecule has 0 aliphatic rings. The van der Waals surface area contributed by atoms with Crippen molar-refractivity contribution in [3.63, 3.8) is 0 Å². The average molecular weight is 368 g/mol. The van der Waals surface area contributed by atoms with Crippen LogP contribution in [0.3, 0.4) is 0 Å². The fourth-order valence-electron chi connectivity index (χ4n) is 2.19. The van der Waals surface area contributed by atoms with E-state index in [-0.39, 0.29) is 19.3 Å². The molecule has 0 saturated carbocycles. The molecule has 2 aromatic rings. The molecule has 9 heteroatoms. The van der Waals surface area contributed by atoms with Gasteiger partial charge in [0.1, 0.15) is 22.9 Å². The molecule has 0 aliphatic heterocycles. The van der Waals surface area contributed by atoms with E-state index in [1.54, 1.807) is 20.8 Å². The molecule has 0 unspecified atom stereocenters. The van der Waals surface area contributed by atoms with E-state index < -0.39 is 17.5 Å². The van der Waals surface area contributed by atoms with Gasteiger partial charge >= 0.3 is 11.9 Å². The summed E-state index contributed by atoms with van der Waals surface area (Å²) in [6, 6.07) is 0. The number of fused-ring (bicyclic) bond motifs is 1. The number of aryl methyl sites for hydroxylation is 1. The summed E-state index contributed by atoms with van der Waals surface area (Å²) in [5, 5.41) is 0.309. The molecular formula is C16H20N2O6S. The van der Waals surface area contributed by atoms with Gasteiger partial charge in [-0.15, -0.1) is 11.3 Å². The highest BCUT2D eigenvalue weighted by atomic mass is 32.1. The number of thiophene rings is 1. The molecular weight excluding hydrogens is 348 g/mol. The lowest BCUT2D eigenvalue weighted by molar-refractivity contribution is -0.148. The zero-order valence-electron chi connectivity index (χ0n) is 14.5. The van der Waals surface area contributed by atoms with Crippen molar-refractivity contribution in [2.75, 3.05) is 20.3 Å². The van der Waals surface area contributed by atoms with E-state index in [0.717, 1.165) is 11.3 Å². The van der Waals surface area contributed by atoms with Crippen molar-refractivity contribution < 1.29 is 23.8 Å². The van der Waals surface area contributed by atoms with E-state index in [1.807, 2.05) is 0 Å². The SMILES string of the molecule is COCCOC(=O)c1sc2ncn(CC(=O)OC(C)C)c(=O)c2c1C. The summed E-state index contributed by atoms with van der Waals surface area (Å²) < 4.78 is 16.1. The lowest BCUT2D eigenvalue weighted by Crippen LogP contribution is -2.26. The largest absolute Gasteiger partial charge is 0.462 e. The Morgan fingerprint density at radius 2 is 2.04 bits per heavy atom. The van der Waals surface area contributed by atoms with Gasteiger partial charge in [0.05, 0.1) is 24.4 Å². The second kappa shape index (κ2) is 8.21. The van der Waals surface area contributed by atoms with Crippen LogP contribution >= 0.6 is 11.3 Å². The first-order valence-corrected chi connectivity index (χ1v) is 8.50. The summed E-state index contributed by atoms with van der Waals surface area (Å²) in [5.74, 6) is -1.05. The average Bonchev–Trinajstić information content (AvgIpc) is 2.87. The summed E-state index contributed by atoms with van der Waals surface area (Å²) >= 11 is 1.09. The van der Waals surface area contributed by atoms with Crippen LogP contribution in [0, 0.1) is 6.92 Å². The summed E-state index contributed by atoms with van der Waals surface area (Å²) in [6.45, 7) is 5.30. The summed E-state index contributed by atoms with van der Waals surface area (Å²) in [7, 11) is 1.51. The fourth-order valence-corrected chi connectivity index (χ4v) is 3.22. The minimum atomic E-state index is -0.525. The van der Waals surface area contributed by atoms with Crippen LogP contribution in [0.4, 0.5) is 0 Å². The number of nitrogens with zero attached hydrogens (tertiary/aromatic N) is 2. The minimum Gasteiger partial charge on any atom is -0.462 e. The van der Waals surface area contributed by atoms with Gasteiger partial charge in [0.2, 0.25) is 0 Å². The molecule has 8 nitrogen and oxygen atoms in total. The fraction of sp³-hybridized carbons (Fsp3) is 0.500. The molecule has 0 amide bonds. The van der Waals surface area contributed by atoms with Gasteiger partial charge in [-0.25, -0.2) is 9.78 Å². The Balaban J connectivity index is 2.31.